The molecular formula is C24H31NO5. The van der Waals surface area contributed by atoms with Crippen LogP contribution in [-0.4, -0.2) is 32.1 Å². The summed E-state index contributed by atoms with van der Waals surface area (Å²) >= 11 is 0. The van der Waals surface area contributed by atoms with Crippen LogP contribution in [0.15, 0.2) is 41.7 Å². The first kappa shape index (κ1) is 21.9. The standard InChI is InChI=1S/C24H31NO5/c1-13(2)30-23(27)19-14(3)25-16-11-24(4,5)12-17(26)21(16)20(19)15-9-8-10-18(28-6)22(15)29-7/h8-10,13,19-20,25H,3,11-12H2,1-2,4-7H3. The van der Waals surface area contributed by atoms with Gasteiger partial charge in [-0.25, -0.2) is 0 Å². The minimum atomic E-state index is -0.752. The van der Waals surface area contributed by atoms with Crippen molar-refractivity contribution in [3.8, 4) is 11.5 Å². The first-order valence-corrected chi connectivity index (χ1v) is 10.2. The van der Waals surface area contributed by atoms with Crippen molar-refractivity contribution in [3.63, 3.8) is 0 Å². The number of esters is 1. The number of para-hydroxylation sites is 1. The Morgan fingerprint density at radius 3 is 2.50 bits per heavy atom. The van der Waals surface area contributed by atoms with Crippen molar-refractivity contribution >= 4 is 11.8 Å². The van der Waals surface area contributed by atoms with Gasteiger partial charge in [0, 0.05) is 34.9 Å². The Hall–Kier alpha value is -2.76. The molecule has 1 aliphatic heterocycles. The summed E-state index contributed by atoms with van der Waals surface area (Å²) in [6.45, 7) is 11.9. The van der Waals surface area contributed by atoms with Crippen LogP contribution in [0.25, 0.3) is 0 Å². The fourth-order valence-electron chi connectivity index (χ4n) is 4.52. The molecule has 1 aromatic rings. The van der Waals surface area contributed by atoms with E-state index < -0.39 is 17.8 Å². The second kappa shape index (κ2) is 8.17. The molecular weight excluding hydrogens is 382 g/mol. The van der Waals surface area contributed by atoms with Gasteiger partial charge < -0.3 is 19.5 Å². The minimum Gasteiger partial charge on any atom is -0.493 e. The Morgan fingerprint density at radius 1 is 1.20 bits per heavy atom. The highest BCUT2D eigenvalue weighted by Crippen LogP contribution is 2.51. The fourth-order valence-corrected chi connectivity index (χ4v) is 4.52. The lowest BCUT2D eigenvalue weighted by Gasteiger charge is -2.42. The summed E-state index contributed by atoms with van der Waals surface area (Å²) in [5.41, 5.74) is 2.51. The van der Waals surface area contributed by atoms with Crippen LogP contribution in [0.3, 0.4) is 0 Å². The van der Waals surface area contributed by atoms with Gasteiger partial charge >= 0.3 is 5.97 Å². The molecule has 6 heteroatoms. The van der Waals surface area contributed by atoms with Crippen LogP contribution in [0.1, 0.15) is 52.0 Å². The molecule has 1 aromatic carbocycles. The molecule has 1 heterocycles. The number of allylic oxidation sites excluding steroid dienone is 2. The summed E-state index contributed by atoms with van der Waals surface area (Å²) in [5, 5.41) is 3.27. The topological polar surface area (TPSA) is 73.9 Å². The van der Waals surface area contributed by atoms with E-state index in [2.05, 4.69) is 25.7 Å². The first-order chi connectivity index (χ1) is 14.1. The fraction of sp³-hybridized carbons (Fsp3) is 0.500. The van der Waals surface area contributed by atoms with Crippen molar-refractivity contribution < 1.29 is 23.8 Å². The monoisotopic (exact) mass is 413 g/mol. The zero-order chi connectivity index (χ0) is 22.2. The number of ether oxygens (including phenoxy) is 3. The van der Waals surface area contributed by atoms with Gasteiger partial charge in [-0.2, -0.15) is 0 Å². The van der Waals surface area contributed by atoms with E-state index in [0.29, 0.717) is 41.2 Å². The van der Waals surface area contributed by atoms with Crippen molar-refractivity contribution in [1.29, 1.82) is 0 Å². The van der Waals surface area contributed by atoms with Gasteiger partial charge in [-0.05, 0) is 31.7 Å². The molecule has 2 atom stereocenters. The average Bonchev–Trinajstić information content (AvgIpc) is 2.64. The molecule has 0 saturated carbocycles. The van der Waals surface area contributed by atoms with Crippen LogP contribution in [0.2, 0.25) is 0 Å². The number of methoxy groups -OCH3 is 2. The van der Waals surface area contributed by atoms with Crippen LogP contribution in [0.4, 0.5) is 0 Å². The molecule has 30 heavy (non-hydrogen) atoms. The molecule has 0 amide bonds. The maximum atomic E-state index is 13.3. The molecule has 0 aromatic heterocycles. The van der Waals surface area contributed by atoms with Crippen molar-refractivity contribution in [2.75, 3.05) is 14.2 Å². The van der Waals surface area contributed by atoms with Crippen LogP contribution >= 0.6 is 0 Å². The Bertz CT molecular complexity index is 912. The summed E-state index contributed by atoms with van der Waals surface area (Å²) in [6, 6.07) is 5.50. The predicted molar refractivity (Wildman–Crippen MR) is 114 cm³/mol. The molecule has 1 N–H and O–H groups in total. The van der Waals surface area contributed by atoms with Crippen LogP contribution in [0.5, 0.6) is 11.5 Å². The zero-order valence-electron chi connectivity index (χ0n) is 18.6. The summed E-state index contributed by atoms with van der Waals surface area (Å²) in [4.78, 5) is 26.5. The lowest BCUT2D eigenvalue weighted by atomic mass is 9.66. The molecule has 3 rings (SSSR count). The molecule has 1 aliphatic carbocycles. The van der Waals surface area contributed by atoms with E-state index in [1.165, 1.54) is 0 Å². The van der Waals surface area contributed by atoms with E-state index in [-0.39, 0.29) is 17.3 Å². The highest BCUT2D eigenvalue weighted by Gasteiger charge is 2.47. The van der Waals surface area contributed by atoms with Gasteiger partial charge in [0.2, 0.25) is 0 Å². The second-order valence-electron chi connectivity index (χ2n) is 9.01. The number of benzene rings is 1. The van der Waals surface area contributed by atoms with E-state index >= 15 is 0 Å². The average molecular weight is 414 g/mol. The Kier molecular flexibility index (Phi) is 5.97. The summed E-state index contributed by atoms with van der Waals surface area (Å²) in [6.07, 6.45) is 0.825. The number of Topliss-reactive ketones (excluding diaryl/α,β-unsaturated/α-hetero) is 1. The summed E-state index contributed by atoms with van der Waals surface area (Å²) < 4.78 is 16.7. The first-order valence-electron chi connectivity index (χ1n) is 10.2. The normalized spacial score (nSPS) is 23.0. The molecule has 0 fully saturated rings. The lowest BCUT2D eigenvalue weighted by Crippen LogP contribution is -2.44. The van der Waals surface area contributed by atoms with Gasteiger partial charge in [-0.15, -0.1) is 0 Å². The Balaban J connectivity index is 2.25. The molecule has 0 bridgehead atoms. The Labute approximate surface area is 178 Å². The zero-order valence-corrected chi connectivity index (χ0v) is 18.6. The molecule has 6 nitrogen and oxygen atoms in total. The van der Waals surface area contributed by atoms with Crippen LogP contribution in [-0.2, 0) is 14.3 Å². The van der Waals surface area contributed by atoms with Gasteiger partial charge in [-0.1, -0.05) is 32.6 Å². The highest BCUT2D eigenvalue weighted by molar-refractivity contribution is 6.01. The van der Waals surface area contributed by atoms with Crippen molar-refractivity contribution in [2.45, 2.75) is 52.6 Å². The number of carbonyl (C=O) groups excluding carboxylic acids is 2. The maximum absolute atomic E-state index is 13.3. The van der Waals surface area contributed by atoms with E-state index in [4.69, 9.17) is 14.2 Å². The van der Waals surface area contributed by atoms with Gasteiger partial charge in [0.15, 0.2) is 17.3 Å². The second-order valence-corrected chi connectivity index (χ2v) is 9.01. The molecule has 162 valence electrons. The number of nitrogens with one attached hydrogen (secondary N) is 1. The summed E-state index contributed by atoms with van der Waals surface area (Å²) in [7, 11) is 3.12. The van der Waals surface area contributed by atoms with Gasteiger partial charge in [-0.3, -0.25) is 9.59 Å². The van der Waals surface area contributed by atoms with E-state index in [1.54, 1.807) is 34.1 Å². The lowest BCUT2D eigenvalue weighted by molar-refractivity contribution is -0.151. The molecule has 0 saturated heterocycles. The van der Waals surface area contributed by atoms with Crippen LogP contribution < -0.4 is 14.8 Å². The number of ketones is 1. The number of rotatable bonds is 5. The highest BCUT2D eigenvalue weighted by atomic mass is 16.5. The maximum Gasteiger partial charge on any atom is 0.316 e. The molecule has 2 unspecified atom stereocenters. The SMILES string of the molecule is C=C1NC2=C(C(=O)CC(C)(C)C2)C(c2cccc(OC)c2OC)C1C(=O)OC(C)C. The van der Waals surface area contributed by atoms with Gasteiger partial charge in [0.25, 0.3) is 0 Å². The van der Waals surface area contributed by atoms with E-state index in [0.717, 1.165) is 5.70 Å². The van der Waals surface area contributed by atoms with Crippen LogP contribution in [0, 0.1) is 11.3 Å². The number of carbonyl (C=O) groups is 2. The van der Waals surface area contributed by atoms with Crippen molar-refractivity contribution in [1.82, 2.24) is 5.32 Å². The molecule has 0 spiro atoms. The van der Waals surface area contributed by atoms with Gasteiger partial charge in [0.05, 0.1) is 20.3 Å². The molecule has 0 radical (unpaired) electrons. The number of hydrogen-bond donors (Lipinski definition) is 1. The van der Waals surface area contributed by atoms with Crippen molar-refractivity contribution in [2.24, 2.45) is 11.3 Å². The third kappa shape index (κ3) is 3.95. The quantitative estimate of drug-likeness (QED) is 0.732. The minimum absolute atomic E-state index is 0.0264. The van der Waals surface area contributed by atoms with Gasteiger partial charge in [0.1, 0.15) is 5.92 Å². The third-order valence-electron chi connectivity index (χ3n) is 5.63. The Morgan fingerprint density at radius 2 is 1.90 bits per heavy atom. The largest absolute Gasteiger partial charge is 0.493 e. The molecule has 2 aliphatic rings. The van der Waals surface area contributed by atoms with E-state index in [1.807, 2.05) is 12.1 Å². The third-order valence-corrected chi connectivity index (χ3v) is 5.63. The smallest absolute Gasteiger partial charge is 0.316 e. The van der Waals surface area contributed by atoms with E-state index in [9.17, 15) is 9.59 Å². The number of hydrogen-bond acceptors (Lipinski definition) is 6. The van der Waals surface area contributed by atoms with Crippen molar-refractivity contribution in [3.05, 3.63) is 47.3 Å². The predicted octanol–water partition coefficient (Wildman–Crippen LogP) is 4.12. The summed E-state index contributed by atoms with van der Waals surface area (Å²) in [5.74, 6) is -0.654.